The molecule has 6 nitrogen and oxygen atoms in total. The minimum absolute atomic E-state index is 0.0743. The van der Waals surface area contributed by atoms with Gasteiger partial charge in [-0.25, -0.2) is 12.8 Å². The topological polar surface area (TPSA) is 98.0 Å². The summed E-state index contributed by atoms with van der Waals surface area (Å²) < 4.78 is 43.1. The lowest BCUT2D eigenvalue weighted by Gasteiger charge is -2.09. The van der Waals surface area contributed by atoms with Gasteiger partial charge in [0, 0.05) is 11.5 Å². The van der Waals surface area contributed by atoms with E-state index in [1.54, 1.807) is 0 Å². The van der Waals surface area contributed by atoms with Crippen LogP contribution in [0, 0.1) is 12.7 Å². The van der Waals surface area contributed by atoms with Crippen LogP contribution in [0.2, 0.25) is 0 Å². The molecule has 0 amide bonds. The normalized spacial score (nSPS) is 11.4. The first kappa shape index (κ1) is 12.7. The Bertz CT molecular complexity index is 670. The zero-order valence-corrected chi connectivity index (χ0v) is 10.8. The Morgan fingerprint density at radius 3 is 2.78 bits per heavy atom. The van der Waals surface area contributed by atoms with Crippen LogP contribution in [0.15, 0.2) is 23.2 Å². The fourth-order valence-electron chi connectivity index (χ4n) is 1.36. The van der Waals surface area contributed by atoms with Gasteiger partial charge in [0.1, 0.15) is 10.8 Å². The first-order valence-electron chi connectivity index (χ1n) is 4.76. The number of nitrogens with two attached hydrogens (primary N) is 1. The highest BCUT2D eigenvalue weighted by Gasteiger charge is 2.19. The van der Waals surface area contributed by atoms with Crippen molar-refractivity contribution in [3.05, 3.63) is 29.7 Å². The predicted octanol–water partition coefficient (Wildman–Crippen LogP) is 1.37. The minimum Gasteiger partial charge on any atom is -0.396 e. The van der Waals surface area contributed by atoms with Crippen molar-refractivity contribution in [2.24, 2.45) is 0 Å². The number of halogens is 1. The first-order valence-corrected chi connectivity index (χ1v) is 7.01. The van der Waals surface area contributed by atoms with E-state index in [9.17, 15) is 12.8 Å². The number of nitrogens with one attached hydrogen (secondary N) is 1. The van der Waals surface area contributed by atoms with Gasteiger partial charge in [0.05, 0.1) is 16.8 Å². The summed E-state index contributed by atoms with van der Waals surface area (Å²) in [6.45, 7) is 1.49. The van der Waals surface area contributed by atoms with Crippen LogP contribution in [0.3, 0.4) is 0 Å². The fraction of sp³-hybridized carbons (Fsp3) is 0.111. The molecule has 0 bridgehead atoms. The van der Waals surface area contributed by atoms with Crippen LogP contribution in [-0.2, 0) is 10.0 Å². The zero-order valence-electron chi connectivity index (χ0n) is 9.21. The van der Waals surface area contributed by atoms with Gasteiger partial charge in [-0.15, -0.1) is 5.10 Å². The molecule has 2 aromatic rings. The van der Waals surface area contributed by atoms with Crippen molar-refractivity contribution in [1.82, 2.24) is 9.59 Å². The lowest BCUT2D eigenvalue weighted by Crippen LogP contribution is -2.14. The summed E-state index contributed by atoms with van der Waals surface area (Å²) in [6.07, 6.45) is 1.28. The molecular weight excluding hydrogens is 279 g/mol. The summed E-state index contributed by atoms with van der Waals surface area (Å²) in [5.41, 5.74) is 5.42. The van der Waals surface area contributed by atoms with Crippen LogP contribution >= 0.6 is 11.5 Å². The number of benzene rings is 1. The Morgan fingerprint density at radius 2 is 2.17 bits per heavy atom. The third-order valence-electron chi connectivity index (χ3n) is 2.18. The second kappa shape index (κ2) is 4.50. The van der Waals surface area contributed by atoms with Crippen molar-refractivity contribution in [2.45, 2.75) is 11.8 Å². The largest absolute Gasteiger partial charge is 0.396 e. The van der Waals surface area contributed by atoms with E-state index >= 15 is 0 Å². The predicted molar refractivity (Wildman–Crippen MR) is 66.3 cm³/mol. The molecule has 9 heteroatoms. The molecule has 0 saturated heterocycles. The Kier molecular flexibility index (Phi) is 3.18. The lowest BCUT2D eigenvalue weighted by atomic mass is 10.2. The molecule has 0 fully saturated rings. The average Bonchev–Trinajstić information content (AvgIpc) is 2.75. The van der Waals surface area contributed by atoms with Crippen molar-refractivity contribution < 1.29 is 12.8 Å². The molecule has 96 valence electrons. The molecule has 0 aliphatic carbocycles. The number of sulfonamides is 1. The smallest absolute Gasteiger partial charge is 0.262 e. The molecule has 1 aromatic carbocycles. The zero-order chi connectivity index (χ0) is 13.3. The molecule has 3 N–H and O–H groups in total. The molecule has 0 radical (unpaired) electrons. The first-order chi connectivity index (χ1) is 8.40. The minimum atomic E-state index is -3.82. The average molecular weight is 288 g/mol. The summed E-state index contributed by atoms with van der Waals surface area (Å²) in [5.74, 6) is -0.647. The van der Waals surface area contributed by atoms with Gasteiger partial charge in [-0.2, -0.15) is 0 Å². The number of aryl methyl sites for hydroxylation is 1. The van der Waals surface area contributed by atoms with Crippen LogP contribution in [0.25, 0.3) is 0 Å². The second-order valence-electron chi connectivity index (χ2n) is 3.53. The van der Waals surface area contributed by atoms with Gasteiger partial charge >= 0.3 is 0 Å². The number of nitrogen functional groups attached to an aromatic ring is 1. The van der Waals surface area contributed by atoms with Gasteiger partial charge in [-0.3, -0.25) is 4.72 Å². The molecule has 2 rings (SSSR count). The second-order valence-corrected chi connectivity index (χ2v) is 5.96. The molecule has 0 aliphatic heterocycles. The van der Waals surface area contributed by atoms with E-state index in [1.807, 2.05) is 0 Å². The molecule has 0 saturated carbocycles. The van der Waals surface area contributed by atoms with Gasteiger partial charge in [-0.1, -0.05) is 4.49 Å². The number of hydrogen-bond donors (Lipinski definition) is 2. The van der Waals surface area contributed by atoms with Crippen molar-refractivity contribution in [3.8, 4) is 0 Å². The van der Waals surface area contributed by atoms with Crippen LogP contribution in [0.5, 0.6) is 0 Å². The van der Waals surface area contributed by atoms with E-state index < -0.39 is 15.8 Å². The monoisotopic (exact) mass is 288 g/mol. The number of nitrogens with zero attached hydrogens (tertiary/aromatic N) is 2. The van der Waals surface area contributed by atoms with Gasteiger partial charge in [0.25, 0.3) is 10.0 Å². The molecule has 0 atom stereocenters. The molecule has 1 aromatic heterocycles. The lowest BCUT2D eigenvalue weighted by molar-refractivity contribution is 0.599. The van der Waals surface area contributed by atoms with Crippen LogP contribution in [0.1, 0.15) is 5.56 Å². The summed E-state index contributed by atoms with van der Waals surface area (Å²) in [6, 6.07) is 2.16. The maximum Gasteiger partial charge on any atom is 0.262 e. The van der Waals surface area contributed by atoms with E-state index in [0.717, 1.165) is 23.7 Å². The van der Waals surface area contributed by atoms with Crippen molar-refractivity contribution in [3.63, 3.8) is 0 Å². The quantitative estimate of drug-likeness (QED) is 0.831. The van der Waals surface area contributed by atoms with Crippen LogP contribution in [-0.4, -0.2) is 18.0 Å². The third-order valence-corrected chi connectivity index (χ3v) is 4.40. The highest BCUT2D eigenvalue weighted by molar-refractivity contribution is 7.93. The molecular formula is C9H9FN4O2S2. The van der Waals surface area contributed by atoms with Crippen LogP contribution in [0.4, 0.5) is 15.1 Å². The number of hydrogen-bond acceptors (Lipinski definition) is 6. The Balaban J connectivity index is 2.44. The van der Waals surface area contributed by atoms with E-state index in [2.05, 4.69) is 14.3 Å². The van der Waals surface area contributed by atoms with Crippen molar-refractivity contribution in [1.29, 1.82) is 0 Å². The fourth-order valence-corrected chi connectivity index (χ4v) is 3.30. The highest BCUT2D eigenvalue weighted by Crippen LogP contribution is 2.24. The van der Waals surface area contributed by atoms with Gasteiger partial charge < -0.3 is 5.73 Å². The van der Waals surface area contributed by atoms with Gasteiger partial charge in [0.15, 0.2) is 0 Å². The van der Waals surface area contributed by atoms with Gasteiger partial charge in [0.2, 0.25) is 0 Å². The Labute approximate surface area is 107 Å². The molecule has 0 spiro atoms. The van der Waals surface area contributed by atoms with E-state index in [4.69, 9.17) is 5.73 Å². The highest BCUT2D eigenvalue weighted by atomic mass is 32.2. The van der Waals surface area contributed by atoms with E-state index in [1.165, 1.54) is 13.1 Å². The van der Waals surface area contributed by atoms with E-state index in [-0.39, 0.29) is 21.1 Å². The van der Waals surface area contributed by atoms with Crippen molar-refractivity contribution in [2.75, 3.05) is 10.5 Å². The number of rotatable bonds is 3. The number of anilines is 2. The molecule has 18 heavy (non-hydrogen) atoms. The van der Waals surface area contributed by atoms with Crippen molar-refractivity contribution >= 4 is 32.2 Å². The SMILES string of the molecule is Cc1cc(F)c(N)cc1S(=O)(=O)Nc1cnns1. The van der Waals surface area contributed by atoms with Crippen LogP contribution < -0.4 is 10.5 Å². The molecule has 0 unspecified atom stereocenters. The van der Waals surface area contributed by atoms with Gasteiger partial charge in [-0.05, 0) is 24.6 Å². The molecule has 0 aliphatic rings. The summed E-state index contributed by atoms with van der Waals surface area (Å²) in [5, 5.41) is 3.79. The maximum atomic E-state index is 13.2. The summed E-state index contributed by atoms with van der Waals surface area (Å²) in [4.78, 5) is -0.0743. The maximum absolute atomic E-state index is 13.2. The Hall–Kier alpha value is -1.74. The molecule has 1 heterocycles. The Morgan fingerprint density at radius 1 is 1.44 bits per heavy atom. The standard InChI is InChI=1S/C9H9FN4O2S2/c1-5-2-6(10)7(11)3-8(5)18(15,16)13-9-4-12-14-17-9/h2-4,13H,11H2,1H3. The van der Waals surface area contributed by atoms with E-state index in [0.29, 0.717) is 0 Å². The third kappa shape index (κ3) is 2.41. The summed E-state index contributed by atoms with van der Waals surface area (Å²) in [7, 11) is -3.82. The number of aromatic nitrogens is 2. The summed E-state index contributed by atoms with van der Waals surface area (Å²) >= 11 is 0.901.